The van der Waals surface area contributed by atoms with Gasteiger partial charge in [-0.15, -0.1) is 0 Å². The maximum Gasteiger partial charge on any atom is 0.336 e. The number of amides is 1. The van der Waals surface area contributed by atoms with E-state index in [1.807, 2.05) is 12.1 Å². The zero-order valence-electron chi connectivity index (χ0n) is 9.04. The van der Waals surface area contributed by atoms with Crippen molar-refractivity contribution in [2.45, 2.75) is 0 Å². The summed E-state index contributed by atoms with van der Waals surface area (Å²) in [6.07, 6.45) is 0. The molecule has 1 aromatic carbocycles. The molecule has 17 heavy (non-hydrogen) atoms. The van der Waals surface area contributed by atoms with Crippen LogP contribution in [-0.4, -0.2) is 12.3 Å². The van der Waals surface area contributed by atoms with E-state index in [0.717, 1.165) is 5.39 Å². The summed E-state index contributed by atoms with van der Waals surface area (Å²) in [4.78, 5) is 20.0. The van der Waals surface area contributed by atoms with Crippen molar-refractivity contribution in [1.82, 2.24) is 0 Å². The quantitative estimate of drug-likeness (QED) is 0.599. The number of carbonyl (C=O) groups excluding carboxylic acids is 1. The average Bonchev–Trinajstić information content (AvgIpc) is 2.27. The number of hydrogen-bond acceptors (Lipinski definition) is 4. The second kappa shape index (κ2) is 5.95. The van der Waals surface area contributed by atoms with Crippen molar-refractivity contribution in [1.29, 1.82) is 0 Å². The van der Waals surface area contributed by atoms with Gasteiger partial charge in [-0.05, 0) is 18.2 Å². The van der Waals surface area contributed by atoms with Crippen LogP contribution < -0.4 is 16.1 Å². The average molecular weight is 253 g/mol. The standard InChI is InChI=1S/C10H8O3.CH3NOS/c1-12-8-4-2-7-3-5-10(11)13-9(7)6-8;2-1(3)4/h2-6H,1H3;(H3,2,3,4). The van der Waals surface area contributed by atoms with Gasteiger partial charge >= 0.3 is 5.63 Å². The van der Waals surface area contributed by atoms with Crippen molar-refractivity contribution in [3.05, 3.63) is 40.8 Å². The van der Waals surface area contributed by atoms with E-state index in [1.165, 1.54) is 6.07 Å². The number of carbonyl (C=O) groups is 1. The molecule has 0 fully saturated rings. The molecule has 6 heteroatoms. The Kier molecular flexibility index (Phi) is 4.59. The molecule has 0 spiro atoms. The number of methoxy groups -OCH3 is 1. The number of fused-ring (bicyclic) bond motifs is 1. The minimum Gasteiger partial charge on any atom is -0.497 e. The fourth-order valence-electron chi connectivity index (χ4n) is 1.17. The lowest BCUT2D eigenvalue weighted by Crippen LogP contribution is -1.95. The minimum atomic E-state index is -0.639. The molecule has 0 aliphatic rings. The van der Waals surface area contributed by atoms with Crippen LogP contribution in [0.25, 0.3) is 11.0 Å². The van der Waals surface area contributed by atoms with E-state index in [4.69, 9.17) is 13.9 Å². The van der Waals surface area contributed by atoms with Crippen molar-refractivity contribution in [2.75, 3.05) is 7.11 Å². The Bertz CT molecular complexity index is 575. The van der Waals surface area contributed by atoms with Crippen molar-refractivity contribution < 1.29 is 13.9 Å². The summed E-state index contributed by atoms with van der Waals surface area (Å²) in [6, 6.07) is 8.48. The third kappa shape index (κ3) is 4.20. The Hall–Kier alpha value is -1.95. The van der Waals surface area contributed by atoms with E-state index in [-0.39, 0.29) is 5.63 Å². The lowest BCUT2D eigenvalue weighted by Gasteiger charge is -1.99. The second-order valence-electron chi connectivity index (χ2n) is 3.00. The Labute approximate surface area is 103 Å². The van der Waals surface area contributed by atoms with E-state index in [9.17, 15) is 4.79 Å². The van der Waals surface area contributed by atoms with Crippen molar-refractivity contribution in [3.63, 3.8) is 0 Å². The van der Waals surface area contributed by atoms with Gasteiger partial charge in [0.15, 0.2) is 0 Å². The topological polar surface area (TPSA) is 82.5 Å². The molecule has 1 heterocycles. The molecule has 0 aliphatic heterocycles. The largest absolute Gasteiger partial charge is 0.497 e. The summed E-state index contributed by atoms with van der Waals surface area (Å²) >= 11 is 3.10. The zero-order valence-corrected chi connectivity index (χ0v) is 9.94. The van der Waals surface area contributed by atoms with Crippen LogP contribution in [0.2, 0.25) is 0 Å². The third-order valence-corrected chi connectivity index (χ3v) is 1.83. The van der Waals surface area contributed by atoms with Gasteiger partial charge in [-0.2, -0.15) is 0 Å². The van der Waals surface area contributed by atoms with Crippen molar-refractivity contribution >= 4 is 28.8 Å². The van der Waals surface area contributed by atoms with Crippen molar-refractivity contribution in [2.24, 2.45) is 5.73 Å². The molecule has 2 aromatic rings. The molecule has 0 atom stereocenters. The van der Waals surface area contributed by atoms with E-state index >= 15 is 0 Å². The summed E-state index contributed by atoms with van der Waals surface area (Å²) in [5, 5.41) is 0.250. The van der Waals surface area contributed by atoms with Gasteiger partial charge in [0.1, 0.15) is 11.3 Å². The maximum absolute atomic E-state index is 10.9. The van der Waals surface area contributed by atoms with Gasteiger partial charge in [0.2, 0.25) is 0 Å². The number of ether oxygens (including phenoxy) is 1. The molecule has 0 saturated carbocycles. The first-order valence-electron chi connectivity index (χ1n) is 4.59. The van der Waals surface area contributed by atoms with Crippen molar-refractivity contribution in [3.8, 4) is 5.75 Å². The molecule has 90 valence electrons. The first-order valence-corrected chi connectivity index (χ1v) is 5.04. The van der Waals surface area contributed by atoms with Crippen LogP contribution in [0.4, 0.5) is 4.79 Å². The molecule has 1 aromatic heterocycles. The highest BCUT2D eigenvalue weighted by Crippen LogP contribution is 2.18. The fourth-order valence-corrected chi connectivity index (χ4v) is 1.17. The second-order valence-corrected chi connectivity index (χ2v) is 3.44. The van der Waals surface area contributed by atoms with Crippen LogP contribution in [0.5, 0.6) is 5.75 Å². The Morgan fingerprint density at radius 3 is 2.53 bits per heavy atom. The number of rotatable bonds is 1. The van der Waals surface area contributed by atoms with Gasteiger partial charge in [0.25, 0.3) is 5.24 Å². The first kappa shape index (κ1) is 13.1. The molecule has 5 nitrogen and oxygen atoms in total. The number of thiol groups is 1. The predicted molar refractivity (Wildman–Crippen MR) is 67.6 cm³/mol. The van der Waals surface area contributed by atoms with Gasteiger partial charge in [-0.1, -0.05) is 12.6 Å². The summed E-state index contributed by atoms with van der Waals surface area (Å²) in [5.74, 6) is 0.682. The highest BCUT2D eigenvalue weighted by atomic mass is 32.1. The number of hydrogen-bond donors (Lipinski definition) is 2. The highest BCUT2D eigenvalue weighted by Gasteiger charge is 1.98. The fraction of sp³-hybridized carbons (Fsp3) is 0.0909. The third-order valence-electron chi connectivity index (χ3n) is 1.83. The zero-order chi connectivity index (χ0) is 12.8. The van der Waals surface area contributed by atoms with Gasteiger partial charge in [-0.3, -0.25) is 4.79 Å². The van der Waals surface area contributed by atoms with E-state index < -0.39 is 5.24 Å². The van der Waals surface area contributed by atoms with Gasteiger partial charge < -0.3 is 14.9 Å². The molecule has 2 N–H and O–H groups in total. The molecule has 2 rings (SSSR count). The monoisotopic (exact) mass is 253 g/mol. The Morgan fingerprint density at radius 1 is 1.35 bits per heavy atom. The summed E-state index contributed by atoms with van der Waals surface area (Å²) < 4.78 is 9.97. The van der Waals surface area contributed by atoms with Crippen LogP contribution in [0.1, 0.15) is 0 Å². The predicted octanol–water partition coefficient (Wildman–Crippen LogP) is 1.80. The lowest BCUT2D eigenvalue weighted by atomic mass is 10.2. The van der Waals surface area contributed by atoms with Crippen LogP contribution >= 0.6 is 12.6 Å². The van der Waals surface area contributed by atoms with E-state index in [0.29, 0.717) is 11.3 Å². The molecule has 1 amide bonds. The number of nitrogens with two attached hydrogens (primary N) is 1. The summed E-state index contributed by atoms with van der Waals surface area (Å²) in [7, 11) is 1.57. The van der Waals surface area contributed by atoms with E-state index in [2.05, 4.69) is 18.4 Å². The van der Waals surface area contributed by atoms with Crippen LogP contribution in [0.15, 0.2) is 39.5 Å². The smallest absolute Gasteiger partial charge is 0.336 e. The number of benzene rings is 1. The molecule has 0 bridgehead atoms. The number of primary amides is 1. The Balaban J connectivity index is 0.000000317. The molecule has 0 radical (unpaired) electrons. The molecular formula is C11H11NO4S. The van der Waals surface area contributed by atoms with Gasteiger partial charge in [-0.25, -0.2) is 4.79 Å². The lowest BCUT2D eigenvalue weighted by molar-refractivity contribution is 0.267. The molecule has 0 aliphatic carbocycles. The minimum absolute atomic E-state index is 0.347. The molecular weight excluding hydrogens is 242 g/mol. The molecule has 0 unspecified atom stereocenters. The normalized spacial score (nSPS) is 9.29. The van der Waals surface area contributed by atoms with Crippen LogP contribution in [0, 0.1) is 0 Å². The van der Waals surface area contributed by atoms with Crippen LogP contribution in [-0.2, 0) is 0 Å². The van der Waals surface area contributed by atoms with Crippen LogP contribution in [0.3, 0.4) is 0 Å². The first-order chi connectivity index (χ1) is 8.02. The SMILES string of the molecule is COc1ccc2ccc(=O)oc2c1.NC(=O)S. The van der Waals surface area contributed by atoms with Gasteiger partial charge in [0, 0.05) is 17.5 Å². The highest BCUT2D eigenvalue weighted by molar-refractivity contribution is 7.96. The van der Waals surface area contributed by atoms with E-state index in [1.54, 1.807) is 19.2 Å². The Morgan fingerprint density at radius 2 is 1.94 bits per heavy atom. The van der Waals surface area contributed by atoms with Gasteiger partial charge in [0.05, 0.1) is 7.11 Å². The maximum atomic E-state index is 10.9. The summed E-state index contributed by atoms with van der Waals surface area (Å²) in [5.41, 5.74) is 4.54. The summed E-state index contributed by atoms with van der Waals surface area (Å²) in [6.45, 7) is 0. The molecule has 0 saturated heterocycles.